The van der Waals surface area contributed by atoms with Gasteiger partial charge in [-0.3, -0.25) is 4.79 Å². The number of hydrogen-bond donors (Lipinski definition) is 0. The van der Waals surface area contributed by atoms with Crippen LogP contribution in [0.1, 0.15) is 45.4 Å². The van der Waals surface area contributed by atoms with E-state index in [2.05, 4.69) is 0 Å². The van der Waals surface area contributed by atoms with Crippen molar-refractivity contribution < 1.29 is 13.2 Å². The van der Waals surface area contributed by atoms with Gasteiger partial charge in [-0.05, 0) is 26.2 Å². The second kappa shape index (κ2) is 5.06. The Bertz CT molecular complexity index is 385. The molecule has 2 aliphatic rings. The van der Waals surface area contributed by atoms with Crippen molar-refractivity contribution in [1.29, 1.82) is 0 Å². The molecule has 0 unspecified atom stereocenters. The van der Waals surface area contributed by atoms with E-state index < -0.39 is 10.0 Å². The number of rotatable bonds is 3. The zero-order valence-electron chi connectivity index (χ0n) is 10.4. The van der Waals surface area contributed by atoms with E-state index in [-0.39, 0.29) is 17.0 Å². The Labute approximate surface area is 103 Å². The van der Waals surface area contributed by atoms with Crippen molar-refractivity contribution in [2.45, 2.75) is 50.7 Å². The summed E-state index contributed by atoms with van der Waals surface area (Å²) in [6.45, 7) is 2.50. The van der Waals surface area contributed by atoms with Crippen molar-refractivity contribution in [3.8, 4) is 0 Å². The average molecular weight is 259 g/mol. The van der Waals surface area contributed by atoms with Gasteiger partial charge in [0.1, 0.15) is 5.78 Å². The molecule has 1 saturated heterocycles. The highest BCUT2D eigenvalue weighted by Gasteiger charge is 2.38. The highest BCUT2D eigenvalue weighted by atomic mass is 32.2. The van der Waals surface area contributed by atoms with Crippen LogP contribution in [0.15, 0.2) is 0 Å². The molecule has 98 valence electrons. The van der Waals surface area contributed by atoms with Crippen LogP contribution in [0.25, 0.3) is 0 Å². The maximum absolute atomic E-state index is 12.4. The van der Waals surface area contributed by atoms with E-state index in [1.807, 2.05) is 0 Å². The van der Waals surface area contributed by atoms with Gasteiger partial charge >= 0.3 is 0 Å². The highest BCUT2D eigenvalue weighted by molar-refractivity contribution is 7.89. The van der Waals surface area contributed by atoms with Gasteiger partial charge in [-0.1, -0.05) is 19.3 Å². The van der Waals surface area contributed by atoms with E-state index in [0.29, 0.717) is 19.5 Å². The van der Waals surface area contributed by atoms with Crippen LogP contribution in [0.4, 0.5) is 0 Å². The van der Waals surface area contributed by atoms with Crippen LogP contribution in [0.5, 0.6) is 0 Å². The maximum Gasteiger partial charge on any atom is 0.217 e. The van der Waals surface area contributed by atoms with Gasteiger partial charge in [0.25, 0.3) is 0 Å². The van der Waals surface area contributed by atoms with Gasteiger partial charge in [0, 0.05) is 19.0 Å². The molecule has 0 aromatic rings. The van der Waals surface area contributed by atoms with Crippen LogP contribution in [0, 0.1) is 5.92 Å². The molecule has 1 heterocycles. The molecule has 0 spiro atoms. The van der Waals surface area contributed by atoms with Crippen LogP contribution in [0.3, 0.4) is 0 Å². The van der Waals surface area contributed by atoms with E-state index in [1.54, 1.807) is 11.2 Å². The Morgan fingerprint density at radius 2 is 1.76 bits per heavy atom. The third-order valence-electron chi connectivity index (χ3n) is 4.06. The van der Waals surface area contributed by atoms with Gasteiger partial charge in [0.15, 0.2) is 0 Å². The average Bonchev–Trinajstić information content (AvgIpc) is 2.80. The highest BCUT2D eigenvalue weighted by Crippen LogP contribution is 2.29. The molecular formula is C12H21NO3S. The summed E-state index contributed by atoms with van der Waals surface area (Å²) in [7, 11) is -3.15. The normalized spacial score (nSPS) is 28.4. The standard InChI is InChI=1S/C12H21NO3S/c1-10(14)11-7-8-13(9-11)17(15,16)12-5-3-2-4-6-12/h11-12H,2-9H2,1H3/t11-/m0/s1. The topological polar surface area (TPSA) is 54.5 Å². The van der Waals surface area contributed by atoms with Crippen LogP contribution < -0.4 is 0 Å². The molecular weight excluding hydrogens is 238 g/mol. The molecule has 0 aromatic carbocycles. The number of nitrogens with zero attached hydrogens (tertiary/aromatic N) is 1. The lowest BCUT2D eigenvalue weighted by Gasteiger charge is -2.26. The second-order valence-electron chi connectivity index (χ2n) is 5.26. The molecule has 0 N–H and O–H groups in total. The van der Waals surface area contributed by atoms with Gasteiger partial charge in [-0.15, -0.1) is 0 Å². The summed E-state index contributed by atoms with van der Waals surface area (Å²) in [5, 5.41) is -0.193. The summed E-state index contributed by atoms with van der Waals surface area (Å²) in [6, 6.07) is 0. The predicted molar refractivity (Wildman–Crippen MR) is 66.2 cm³/mol. The number of carbonyl (C=O) groups is 1. The zero-order valence-corrected chi connectivity index (χ0v) is 11.2. The molecule has 1 aliphatic carbocycles. The van der Waals surface area contributed by atoms with Gasteiger partial charge in [-0.25, -0.2) is 12.7 Å². The lowest BCUT2D eigenvalue weighted by molar-refractivity contribution is -0.120. The van der Waals surface area contributed by atoms with Gasteiger partial charge in [0.05, 0.1) is 5.25 Å². The first-order valence-corrected chi connectivity index (χ1v) is 8.01. The van der Waals surface area contributed by atoms with Crippen molar-refractivity contribution in [1.82, 2.24) is 4.31 Å². The Hall–Kier alpha value is -0.420. The number of sulfonamides is 1. The first-order valence-electron chi connectivity index (χ1n) is 6.51. The van der Waals surface area contributed by atoms with E-state index in [1.165, 1.54) is 0 Å². The zero-order chi connectivity index (χ0) is 12.5. The third kappa shape index (κ3) is 2.71. The van der Waals surface area contributed by atoms with E-state index in [9.17, 15) is 13.2 Å². The SMILES string of the molecule is CC(=O)[C@H]1CCN(S(=O)(=O)C2CCCCC2)C1. The fraction of sp³-hybridized carbons (Fsp3) is 0.917. The number of Topliss-reactive ketones (excluding diaryl/α,β-unsaturated/α-hetero) is 1. The third-order valence-corrected chi connectivity index (χ3v) is 6.42. The number of carbonyl (C=O) groups excluding carboxylic acids is 1. The molecule has 0 aromatic heterocycles. The molecule has 5 heteroatoms. The smallest absolute Gasteiger partial charge is 0.217 e. The van der Waals surface area contributed by atoms with Gasteiger partial charge in [0.2, 0.25) is 10.0 Å². The minimum Gasteiger partial charge on any atom is -0.300 e. The summed E-state index contributed by atoms with van der Waals surface area (Å²) < 4.78 is 26.3. The summed E-state index contributed by atoms with van der Waals surface area (Å²) >= 11 is 0. The van der Waals surface area contributed by atoms with Crippen LogP contribution in [-0.4, -0.2) is 36.8 Å². The largest absolute Gasteiger partial charge is 0.300 e. The van der Waals surface area contributed by atoms with Crippen molar-refractivity contribution in [2.24, 2.45) is 5.92 Å². The van der Waals surface area contributed by atoms with Crippen molar-refractivity contribution in [2.75, 3.05) is 13.1 Å². The van der Waals surface area contributed by atoms with Crippen LogP contribution >= 0.6 is 0 Å². The first kappa shape index (κ1) is 13.0. The molecule has 1 aliphatic heterocycles. The fourth-order valence-corrected chi connectivity index (χ4v) is 4.96. The quantitative estimate of drug-likeness (QED) is 0.773. The fourth-order valence-electron chi connectivity index (χ4n) is 2.86. The molecule has 1 atom stereocenters. The molecule has 2 fully saturated rings. The molecule has 0 amide bonds. The van der Waals surface area contributed by atoms with Crippen molar-refractivity contribution in [3.63, 3.8) is 0 Å². The van der Waals surface area contributed by atoms with E-state index >= 15 is 0 Å². The van der Waals surface area contributed by atoms with Crippen molar-refractivity contribution in [3.05, 3.63) is 0 Å². The van der Waals surface area contributed by atoms with E-state index in [4.69, 9.17) is 0 Å². The maximum atomic E-state index is 12.4. The Morgan fingerprint density at radius 3 is 2.29 bits per heavy atom. The van der Waals surface area contributed by atoms with Crippen LogP contribution in [-0.2, 0) is 14.8 Å². The minimum atomic E-state index is -3.15. The Kier molecular flexibility index (Phi) is 3.88. The van der Waals surface area contributed by atoms with Crippen LogP contribution in [0.2, 0.25) is 0 Å². The number of ketones is 1. The van der Waals surface area contributed by atoms with Gasteiger partial charge in [-0.2, -0.15) is 0 Å². The molecule has 1 saturated carbocycles. The summed E-state index contributed by atoms with van der Waals surface area (Å²) in [4.78, 5) is 11.3. The Balaban J connectivity index is 2.03. The monoisotopic (exact) mass is 259 g/mol. The molecule has 0 radical (unpaired) electrons. The summed E-state index contributed by atoms with van der Waals surface area (Å²) in [5.41, 5.74) is 0. The molecule has 2 rings (SSSR count). The number of hydrogen-bond acceptors (Lipinski definition) is 3. The predicted octanol–water partition coefficient (Wildman–Crippen LogP) is 1.56. The lowest BCUT2D eigenvalue weighted by Crippen LogP contribution is -2.38. The molecule has 17 heavy (non-hydrogen) atoms. The first-order chi connectivity index (χ1) is 8.01. The lowest BCUT2D eigenvalue weighted by atomic mass is 10.0. The van der Waals surface area contributed by atoms with E-state index in [0.717, 1.165) is 32.1 Å². The minimum absolute atomic E-state index is 0.0756. The molecule has 4 nitrogen and oxygen atoms in total. The second-order valence-corrected chi connectivity index (χ2v) is 7.47. The summed E-state index contributed by atoms with van der Waals surface area (Å²) in [5.74, 6) is 0.0414. The van der Waals surface area contributed by atoms with Gasteiger partial charge < -0.3 is 0 Å². The molecule has 0 bridgehead atoms. The van der Waals surface area contributed by atoms with Crippen molar-refractivity contribution >= 4 is 15.8 Å². The Morgan fingerprint density at radius 1 is 1.12 bits per heavy atom. The summed E-state index contributed by atoms with van der Waals surface area (Å²) in [6.07, 6.45) is 5.48.